The molecule has 2 N–H and O–H groups in total. The first-order chi connectivity index (χ1) is 14.0. The Morgan fingerprint density at radius 1 is 1.10 bits per heavy atom. The van der Waals surface area contributed by atoms with Crippen LogP contribution in [0.1, 0.15) is 41.6 Å². The van der Waals surface area contributed by atoms with Gasteiger partial charge in [-0.25, -0.2) is 0 Å². The fourth-order valence-electron chi connectivity index (χ4n) is 4.38. The van der Waals surface area contributed by atoms with Gasteiger partial charge in [-0.05, 0) is 49.6 Å². The Hall–Kier alpha value is -2.70. The summed E-state index contributed by atoms with van der Waals surface area (Å²) in [4.78, 5) is 29.2. The average Bonchev–Trinajstić information content (AvgIpc) is 2.96. The van der Waals surface area contributed by atoms with Gasteiger partial charge in [0, 0.05) is 11.1 Å². The van der Waals surface area contributed by atoms with E-state index in [9.17, 15) is 14.7 Å². The van der Waals surface area contributed by atoms with E-state index in [1.54, 1.807) is 48.4 Å². The molecule has 0 saturated carbocycles. The molecule has 6 heteroatoms. The van der Waals surface area contributed by atoms with Crippen LogP contribution in [0.4, 0.5) is 5.69 Å². The summed E-state index contributed by atoms with van der Waals surface area (Å²) in [5.74, 6) is -0.0256. The maximum absolute atomic E-state index is 13.3. The summed E-state index contributed by atoms with van der Waals surface area (Å²) in [5, 5.41) is 11.4. The molecule has 0 spiro atoms. The molecule has 1 saturated heterocycles. The van der Waals surface area contributed by atoms with Crippen molar-refractivity contribution >= 4 is 17.4 Å². The number of ketones is 1. The number of likely N-dealkylation sites (tertiary alicyclic amines) is 1. The van der Waals surface area contributed by atoms with Crippen LogP contribution in [0.2, 0.25) is 0 Å². The number of Topliss-reactive ketones (excluding diaryl/α,β-unsaturated/α-hetero) is 1. The van der Waals surface area contributed by atoms with Crippen molar-refractivity contribution in [2.75, 3.05) is 31.8 Å². The zero-order valence-corrected chi connectivity index (χ0v) is 16.7. The minimum absolute atomic E-state index is 0.273. The standard InChI is InChI=1S/C23H26N2O4/c1-29-18-11-9-17(10-12-18)21(26)15-23(28)19-7-3-4-8-20(19)25(22(23)27)16-24-13-5-2-6-14-24/h3-4,7-12,28H,2,5-6,13-16H2,1H3/p+1/t23-/m1/s1. The molecule has 0 aliphatic carbocycles. The van der Waals surface area contributed by atoms with Crippen molar-refractivity contribution in [2.24, 2.45) is 0 Å². The Morgan fingerprint density at radius 2 is 1.79 bits per heavy atom. The molecule has 0 unspecified atom stereocenters. The summed E-state index contributed by atoms with van der Waals surface area (Å²) >= 11 is 0. The van der Waals surface area contributed by atoms with Crippen LogP contribution >= 0.6 is 0 Å². The molecule has 0 aromatic heterocycles. The van der Waals surface area contributed by atoms with E-state index in [1.165, 1.54) is 11.3 Å². The van der Waals surface area contributed by atoms with E-state index in [-0.39, 0.29) is 12.2 Å². The summed E-state index contributed by atoms with van der Waals surface area (Å²) in [6.45, 7) is 2.57. The number of nitrogens with one attached hydrogen (secondary N) is 1. The topological polar surface area (TPSA) is 71.3 Å². The number of anilines is 1. The summed E-state index contributed by atoms with van der Waals surface area (Å²) in [7, 11) is 1.56. The number of amides is 1. The molecule has 0 bridgehead atoms. The van der Waals surface area contributed by atoms with Crippen molar-refractivity contribution in [1.29, 1.82) is 0 Å². The fourth-order valence-corrected chi connectivity index (χ4v) is 4.38. The first kappa shape index (κ1) is 19.6. The fraction of sp³-hybridized carbons (Fsp3) is 0.391. The van der Waals surface area contributed by atoms with Crippen LogP contribution < -0.4 is 14.5 Å². The normalized spacial score (nSPS) is 21.9. The van der Waals surface area contributed by atoms with Crippen molar-refractivity contribution in [1.82, 2.24) is 0 Å². The van der Waals surface area contributed by atoms with Gasteiger partial charge in [0.1, 0.15) is 5.75 Å². The molecule has 2 aromatic rings. The number of rotatable bonds is 6. The Bertz CT molecular complexity index is 905. The highest BCUT2D eigenvalue weighted by Crippen LogP contribution is 2.42. The predicted molar refractivity (Wildman–Crippen MR) is 109 cm³/mol. The molecule has 1 amide bonds. The Labute approximate surface area is 170 Å². The Kier molecular flexibility index (Phi) is 5.39. The minimum atomic E-state index is -1.83. The van der Waals surface area contributed by atoms with Gasteiger partial charge in [0.25, 0.3) is 5.91 Å². The largest absolute Gasteiger partial charge is 0.497 e. The van der Waals surface area contributed by atoms with E-state index in [1.807, 2.05) is 12.1 Å². The van der Waals surface area contributed by atoms with Crippen molar-refractivity contribution in [2.45, 2.75) is 31.3 Å². The second kappa shape index (κ2) is 7.97. The first-order valence-corrected chi connectivity index (χ1v) is 10.2. The summed E-state index contributed by atoms with van der Waals surface area (Å²) in [5.41, 5.74) is -0.156. The van der Waals surface area contributed by atoms with Crippen molar-refractivity contribution in [3.63, 3.8) is 0 Å². The quantitative estimate of drug-likeness (QED) is 0.728. The lowest BCUT2D eigenvalue weighted by molar-refractivity contribution is -0.903. The van der Waals surface area contributed by atoms with Crippen LogP contribution in [0.15, 0.2) is 48.5 Å². The van der Waals surface area contributed by atoms with Gasteiger partial charge >= 0.3 is 0 Å². The number of para-hydroxylation sites is 1. The summed E-state index contributed by atoms with van der Waals surface area (Å²) in [6, 6.07) is 14.0. The zero-order valence-electron chi connectivity index (χ0n) is 16.7. The van der Waals surface area contributed by atoms with Crippen LogP contribution in [0.5, 0.6) is 5.75 Å². The highest BCUT2D eigenvalue weighted by molar-refractivity contribution is 6.10. The number of methoxy groups -OCH3 is 1. The third kappa shape index (κ3) is 3.66. The molecular weight excluding hydrogens is 368 g/mol. The van der Waals surface area contributed by atoms with Crippen molar-refractivity contribution in [3.8, 4) is 5.75 Å². The molecule has 2 heterocycles. The second-order valence-electron chi connectivity index (χ2n) is 7.91. The average molecular weight is 395 g/mol. The van der Waals surface area contributed by atoms with E-state index < -0.39 is 11.5 Å². The van der Waals surface area contributed by atoms with Crippen molar-refractivity contribution < 1.29 is 24.3 Å². The smallest absolute Gasteiger partial charge is 0.268 e. The van der Waals surface area contributed by atoms with E-state index in [4.69, 9.17) is 4.74 Å². The monoisotopic (exact) mass is 395 g/mol. The summed E-state index contributed by atoms with van der Waals surface area (Å²) in [6.07, 6.45) is 3.26. The van der Waals surface area contributed by atoms with Gasteiger partial charge in [-0.15, -0.1) is 0 Å². The zero-order chi connectivity index (χ0) is 20.4. The molecule has 2 aromatic carbocycles. The lowest BCUT2D eigenvalue weighted by Crippen LogP contribution is -3.14. The molecular formula is C23H27N2O4+. The van der Waals surface area contributed by atoms with Crippen LogP contribution in [0.3, 0.4) is 0 Å². The Balaban J connectivity index is 1.59. The predicted octanol–water partition coefficient (Wildman–Crippen LogP) is 1.53. The van der Waals surface area contributed by atoms with Gasteiger partial charge < -0.3 is 14.7 Å². The highest BCUT2D eigenvalue weighted by atomic mass is 16.5. The maximum atomic E-state index is 13.3. The minimum Gasteiger partial charge on any atom is -0.497 e. The van der Waals surface area contributed by atoms with E-state index >= 15 is 0 Å². The number of piperidine rings is 1. The number of carbonyl (C=O) groups excluding carboxylic acids is 2. The van der Waals surface area contributed by atoms with E-state index in [0.717, 1.165) is 25.9 Å². The number of carbonyl (C=O) groups is 2. The number of benzene rings is 2. The van der Waals surface area contributed by atoms with Crippen LogP contribution in [-0.4, -0.2) is 43.7 Å². The number of fused-ring (bicyclic) bond motifs is 1. The molecule has 0 radical (unpaired) electrons. The molecule has 2 aliphatic rings. The maximum Gasteiger partial charge on any atom is 0.268 e. The summed E-state index contributed by atoms with van der Waals surface area (Å²) < 4.78 is 5.13. The van der Waals surface area contributed by atoms with Gasteiger partial charge in [0.15, 0.2) is 18.1 Å². The molecule has 29 heavy (non-hydrogen) atoms. The number of nitrogens with zero attached hydrogens (tertiary/aromatic N) is 1. The number of hydrogen-bond donors (Lipinski definition) is 2. The molecule has 1 fully saturated rings. The molecule has 4 rings (SSSR count). The lowest BCUT2D eigenvalue weighted by atomic mass is 9.88. The van der Waals surface area contributed by atoms with Crippen LogP contribution in [0.25, 0.3) is 0 Å². The highest BCUT2D eigenvalue weighted by Gasteiger charge is 2.51. The second-order valence-corrected chi connectivity index (χ2v) is 7.91. The third-order valence-electron chi connectivity index (χ3n) is 6.01. The van der Waals surface area contributed by atoms with Gasteiger partial charge in [0.2, 0.25) is 0 Å². The Morgan fingerprint density at radius 3 is 2.48 bits per heavy atom. The number of ether oxygens (including phenoxy) is 1. The lowest BCUT2D eigenvalue weighted by Gasteiger charge is -2.29. The van der Waals surface area contributed by atoms with Gasteiger partial charge in [-0.1, -0.05) is 18.2 Å². The third-order valence-corrected chi connectivity index (χ3v) is 6.01. The number of aliphatic hydroxyl groups is 1. The molecule has 6 nitrogen and oxygen atoms in total. The van der Waals surface area contributed by atoms with Gasteiger partial charge in [-0.3, -0.25) is 14.5 Å². The van der Waals surface area contributed by atoms with Gasteiger partial charge in [0.05, 0.1) is 32.3 Å². The van der Waals surface area contributed by atoms with Crippen molar-refractivity contribution in [3.05, 3.63) is 59.7 Å². The van der Waals surface area contributed by atoms with Gasteiger partial charge in [-0.2, -0.15) is 0 Å². The molecule has 1 atom stereocenters. The molecule has 2 aliphatic heterocycles. The van der Waals surface area contributed by atoms with E-state index in [2.05, 4.69) is 0 Å². The molecule has 152 valence electrons. The first-order valence-electron chi connectivity index (χ1n) is 10.2. The van der Waals surface area contributed by atoms with Crippen LogP contribution in [0, 0.1) is 0 Å². The number of hydrogen-bond acceptors (Lipinski definition) is 4. The van der Waals surface area contributed by atoms with E-state index in [0.29, 0.717) is 29.2 Å². The van der Waals surface area contributed by atoms with Crippen LogP contribution in [-0.2, 0) is 10.4 Å². The SMILES string of the molecule is COc1ccc(C(=O)C[C@]2(O)C(=O)N(C[NH+]3CCCCC3)c3ccccc32)cc1. The number of quaternary nitrogens is 1.